The summed E-state index contributed by atoms with van der Waals surface area (Å²) < 4.78 is 5.36. The molecule has 0 atom stereocenters. The summed E-state index contributed by atoms with van der Waals surface area (Å²) >= 11 is 1.29. The van der Waals surface area contributed by atoms with Gasteiger partial charge in [-0.2, -0.15) is 0 Å². The molecule has 0 fully saturated rings. The highest BCUT2D eigenvalue weighted by molar-refractivity contribution is 7.14. The van der Waals surface area contributed by atoms with E-state index in [0.717, 1.165) is 0 Å². The van der Waals surface area contributed by atoms with Crippen LogP contribution < -0.4 is 20.3 Å². The SMILES string of the molecule is CCOc1ccc(NC(=O)CNC(=O)/C=C/c2csc(N(C(C)=O)c3ccccc3)n2)cc1. The first-order valence-corrected chi connectivity index (χ1v) is 11.1. The van der Waals surface area contributed by atoms with Crippen molar-refractivity contribution < 1.29 is 19.1 Å². The molecule has 3 aromatic rings. The summed E-state index contributed by atoms with van der Waals surface area (Å²) in [4.78, 5) is 42.2. The third-order valence-electron chi connectivity index (χ3n) is 4.31. The first-order valence-electron chi connectivity index (χ1n) is 10.3. The topological polar surface area (TPSA) is 101 Å². The van der Waals surface area contributed by atoms with Crippen LogP contribution >= 0.6 is 11.3 Å². The van der Waals surface area contributed by atoms with Crippen molar-refractivity contribution in [2.45, 2.75) is 13.8 Å². The summed E-state index contributed by atoms with van der Waals surface area (Å²) in [6.07, 6.45) is 2.83. The molecule has 0 unspecified atom stereocenters. The van der Waals surface area contributed by atoms with Gasteiger partial charge in [0.1, 0.15) is 5.75 Å². The number of anilines is 3. The molecular weight excluding hydrogens is 440 g/mol. The molecule has 1 heterocycles. The Morgan fingerprint density at radius 1 is 1.09 bits per heavy atom. The van der Waals surface area contributed by atoms with Crippen LogP contribution in [0.4, 0.5) is 16.5 Å². The Hall–Kier alpha value is -3.98. The quantitative estimate of drug-likeness (QED) is 0.466. The number of nitrogens with zero attached hydrogens (tertiary/aromatic N) is 2. The van der Waals surface area contributed by atoms with E-state index in [4.69, 9.17) is 4.74 Å². The Bertz CT molecular complexity index is 1130. The average molecular weight is 465 g/mol. The van der Waals surface area contributed by atoms with Crippen molar-refractivity contribution in [2.75, 3.05) is 23.4 Å². The van der Waals surface area contributed by atoms with Gasteiger partial charge in [0.25, 0.3) is 0 Å². The Kier molecular flexibility index (Phi) is 8.31. The molecule has 3 amide bonds. The number of carbonyl (C=O) groups is 3. The van der Waals surface area contributed by atoms with Gasteiger partial charge in [-0.1, -0.05) is 18.2 Å². The van der Waals surface area contributed by atoms with Crippen LogP contribution in [0.3, 0.4) is 0 Å². The summed E-state index contributed by atoms with van der Waals surface area (Å²) in [5.41, 5.74) is 1.86. The number of para-hydroxylation sites is 1. The van der Waals surface area contributed by atoms with E-state index in [0.29, 0.717) is 34.6 Å². The van der Waals surface area contributed by atoms with Crippen LogP contribution in [0.5, 0.6) is 5.75 Å². The third kappa shape index (κ3) is 7.01. The van der Waals surface area contributed by atoms with Gasteiger partial charge in [-0.3, -0.25) is 19.3 Å². The van der Waals surface area contributed by atoms with Crippen molar-refractivity contribution in [3.05, 3.63) is 71.7 Å². The third-order valence-corrected chi connectivity index (χ3v) is 5.15. The first-order chi connectivity index (χ1) is 16.0. The minimum atomic E-state index is -0.433. The van der Waals surface area contributed by atoms with Gasteiger partial charge < -0.3 is 15.4 Å². The number of rotatable bonds is 9. The van der Waals surface area contributed by atoms with Gasteiger partial charge in [0.2, 0.25) is 17.7 Å². The Balaban J connectivity index is 1.52. The Labute approximate surface area is 195 Å². The van der Waals surface area contributed by atoms with Gasteiger partial charge >= 0.3 is 0 Å². The lowest BCUT2D eigenvalue weighted by molar-refractivity contribution is -0.121. The fourth-order valence-electron chi connectivity index (χ4n) is 2.85. The predicted octanol–water partition coefficient (Wildman–Crippen LogP) is 3.99. The summed E-state index contributed by atoms with van der Waals surface area (Å²) in [7, 11) is 0. The molecule has 0 spiro atoms. The number of nitrogens with one attached hydrogen (secondary N) is 2. The molecule has 9 heteroatoms. The van der Waals surface area contributed by atoms with E-state index in [1.165, 1.54) is 35.3 Å². The molecule has 0 aliphatic carbocycles. The second-order valence-electron chi connectivity index (χ2n) is 6.80. The molecule has 33 heavy (non-hydrogen) atoms. The monoisotopic (exact) mass is 464 g/mol. The number of amides is 3. The van der Waals surface area contributed by atoms with Crippen LogP contribution in [0.25, 0.3) is 6.08 Å². The van der Waals surface area contributed by atoms with Crippen LogP contribution in [0.15, 0.2) is 66.1 Å². The Morgan fingerprint density at radius 2 is 1.82 bits per heavy atom. The molecule has 0 aliphatic rings. The minimum absolute atomic E-state index is 0.164. The molecule has 1 aromatic heterocycles. The predicted molar refractivity (Wildman–Crippen MR) is 130 cm³/mol. The van der Waals surface area contributed by atoms with Crippen molar-refractivity contribution in [1.82, 2.24) is 10.3 Å². The lowest BCUT2D eigenvalue weighted by atomic mass is 10.3. The van der Waals surface area contributed by atoms with E-state index in [1.807, 2.05) is 37.3 Å². The van der Waals surface area contributed by atoms with E-state index in [1.54, 1.807) is 29.6 Å². The number of hydrogen-bond acceptors (Lipinski definition) is 6. The molecule has 0 aliphatic heterocycles. The Morgan fingerprint density at radius 3 is 2.48 bits per heavy atom. The van der Waals surface area contributed by atoms with E-state index in [2.05, 4.69) is 15.6 Å². The summed E-state index contributed by atoms with van der Waals surface area (Å²) in [6, 6.07) is 16.2. The van der Waals surface area contributed by atoms with Crippen molar-refractivity contribution in [1.29, 1.82) is 0 Å². The lowest BCUT2D eigenvalue weighted by Gasteiger charge is -2.17. The maximum absolute atomic E-state index is 12.1. The molecule has 0 bridgehead atoms. The number of carbonyl (C=O) groups excluding carboxylic acids is 3. The van der Waals surface area contributed by atoms with Gasteiger partial charge in [0.05, 0.1) is 24.5 Å². The fourth-order valence-corrected chi connectivity index (χ4v) is 3.71. The van der Waals surface area contributed by atoms with Crippen molar-refractivity contribution >= 4 is 51.6 Å². The van der Waals surface area contributed by atoms with Gasteiger partial charge in [-0.05, 0) is 49.4 Å². The minimum Gasteiger partial charge on any atom is -0.494 e. The maximum Gasteiger partial charge on any atom is 0.244 e. The fraction of sp³-hybridized carbons (Fsp3) is 0.167. The zero-order chi connectivity index (χ0) is 23.6. The van der Waals surface area contributed by atoms with Gasteiger partial charge in [-0.15, -0.1) is 11.3 Å². The second kappa shape index (κ2) is 11.6. The molecule has 2 N–H and O–H groups in total. The van der Waals surface area contributed by atoms with Crippen LogP contribution in [0.2, 0.25) is 0 Å². The smallest absolute Gasteiger partial charge is 0.244 e. The summed E-state index contributed by atoms with van der Waals surface area (Å²) in [5.74, 6) is -0.230. The van der Waals surface area contributed by atoms with Crippen LogP contribution in [-0.4, -0.2) is 35.9 Å². The van der Waals surface area contributed by atoms with Gasteiger partial charge in [0, 0.05) is 24.1 Å². The lowest BCUT2D eigenvalue weighted by Crippen LogP contribution is -2.31. The number of benzene rings is 2. The van der Waals surface area contributed by atoms with E-state index < -0.39 is 5.91 Å². The second-order valence-corrected chi connectivity index (χ2v) is 7.64. The highest BCUT2D eigenvalue weighted by Crippen LogP contribution is 2.29. The van der Waals surface area contributed by atoms with E-state index in [9.17, 15) is 14.4 Å². The van der Waals surface area contributed by atoms with E-state index in [-0.39, 0.29) is 18.4 Å². The molecule has 2 aromatic carbocycles. The standard InChI is InChI=1S/C24H24N4O4S/c1-3-32-21-12-9-18(10-13-21)26-23(31)15-25-22(30)14-11-19-16-33-24(27-19)28(17(2)29)20-7-5-4-6-8-20/h4-14,16H,3,15H2,1-2H3,(H,25,30)(H,26,31)/b14-11+. The number of hydrogen-bond donors (Lipinski definition) is 2. The summed E-state index contributed by atoms with van der Waals surface area (Å²) in [6.45, 7) is 3.75. The summed E-state index contributed by atoms with van der Waals surface area (Å²) in [5, 5.41) is 7.48. The highest BCUT2D eigenvalue weighted by Gasteiger charge is 2.17. The largest absolute Gasteiger partial charge is 0.494 e. The molecule has 8 nitrogen and oxygen atoms in total. The van der Waals surface area contributed by atoms with Crippen molar-refractivity contribution in [3.63, 3.8) is 0 Å². The molecule has 0 radical (unpaired) electrons. The number of aromatic nitrogens is 1. The van der Waals surface area contributed by atoms with Crippen LogP contribution in [0, 0.1) is 0 Å². The molecule has 3 rings (SSSR count). The van der Waals surface area contributed by atoms with Crippen molar-refractivity contribution in [3.8, 4) is 5.75 Å². The number of ether oxygens (including phenoxy) is 1. The van der Waals surface area contributed by atoms with Crippen LogP contribution in [-0.2, 0) is 14.4 Å². The van der Waals surface area contributed by atoms with Gasteiger partial charge in [0.15, 0.2) is 5.13 Å². The molecule has 0 saturated heterocycles. The maximum atomic E-state index is 12.1. The molecular formula is C24H24N4O4S. The molecule has 170 valence electrons. The van der Waals surface area contributed by atoms with Crippen molar-refractivity contribution in [2.24, 2.45) is 0 Å². The first kappa shape index (κ1) is 23.7. The van der Waals surface area contributed by atoms with Crippen LogP contribution in [0.1, 0.15) is 19.5 Å². The number of thiazole rings is 1. The average Bonchev–Trinajstić information content (AvgIpc) is 3.27. The zero-order valence-electron chi connectivity index (χ0n) is 18.3. The van der Waals surface area contributed by atoms with E-state index >= 15 is 0 Å². The highest BCUT2D eigenvalue weighted by atomic mass is 32.1. The normalized spacial score (nSPS) is 10.6. The molecule has 0 saturated carbocycles. The van der Waals surface area contributed by atoms with Gasteiger partial charge in [-0.25, -0.2) is 4.98 Å². The zero-order valence-corrected chi connectivity index (χ0v) is 19.1.